The summed E-state index contributed by atoms with van der Waals surface area (Å²) >= 11 is 2.99. The van der Waals surface area contributed by atoms with Gasteiger partial charge in [-0.15, -0.1) is 0 Å². The summed E-state index contributed by atoms with van der Waals surface area (Å²) in [5.74, 6) is 0. The fourth-order valence-electron chi connectivity index (χ4n) is 0.654. The molecule has 0 fully saturated rings. The van der Waals surface area contributed by atoms with E-state index in [1.807, 2.05) is 0 Å². The molecule has 1 N–H and O–H groups in total. The van der Waals surface area contributed by atoms with Crippen LogP contribution in [0.3, 0.4) is 0 Å². The van der Waals surface area contributed by atoms with Crippen LogP contribution in [0, 0.1) is 0 Å². The molecular weight excluding hydrogens is 255 g/mol. The molecule has 0 saturated heterocycles. The van der Waals surface area contributed by atoms with Crippen molar-refractivity contribution >= 4 is 55.6 Å². The second-order valence-corrected chi connectivity index (χ2v) is 4.15. The molecule has 1 rings (SSSR count). The summed E-state index contributed by atoms with van der Waals surface area (Å²) in [4.78, 5) is -0.111. The average Bonchev–Trinajstić information content (AvgIpc) is 1.86. The summed E-state index contributed by atoms with van der Waals surface area (Å²) in [7, 11) is -4.08. The van der Waals surface area contributed by atoms with Crippen molar-refractivity contribution in [2.45, 2.75) is 4.90 Å². The Balaban J connectivity index is 0.00000121. The van der Waals surface area contributed by atoms with E-state index >= 15 is 0 Å². The topological polar surface area (TPSA) is 54.4 Å². The van der Waals surface area contributed by atoms with E-state index < -0.39 is 10.1 Å². The van der Waals surface area contributed by atoms with Crippen LogP contribution in [0.1, 0.15) is 0 Å². The van der Waals surface area contributed by atoms with E-state index in [0.29, 0.717) is 4.47 Å². The first kappa shape index (κ1) is 12.6. The maximum atomic E-state index is 10.6. The molecule has 1 aromatic rings. The van der Waals surface area contributed by atoms with Gasteiger partial charge in [0.1, 0.15) is 4.90 Å². The van der Waals surface area contributed by atoms with Crippen molar-refractivity contribution in [2.75, 3.05) is 0 Å². The molecule has 0 aliphatic rings. The third kappa shape index (κ3) is 3.16. The number of benzene rings is 1. The summed E-state index contributed by atoms with van der Waals surface area (Å²) in [5.41, 5.74) is 0. The second kappa shape index (κ2) is 4.74. The molecule has 0 spiro atoms. The zero-order valence-electron chi connectivity index (χ0n) is 5.36. The molecule has 0 heterocycles. The number of rotatable bonds is 1. The van der Waals surface area contributed by atoms with Crippen LogP contribution in [0.5, 0.6) is 0 Å². The molecule has 3 nitrogen and oxygen atoms in total. The minimum absolute atomic E-state index is 0. The first-order chi connectivity index (χ1) is 5.02. The number of hydrogen-bond acceptors (Lipinski definition) is 2. The fraction of sp³-hybridized carbons (Fsp3) is 0. The number of halogens is 1. The van der Waals surface area contributed by atoms with Crippen molar-refractivity contribution in [3.05, 3.63) is 28.7 Å². The third-order valence-electron chi connectivity index (χ3n) is 1.11. The summed E-state index contributed by atoms with van der Waals surface area (Å²) in [5, 5.41) is 0. The van der Waals surface area contributed by atoms with Gasteiger partial charge in [0.25, 0.3) is 10.1 Å². The van der Waals surface area contributed by atoms with Crippen molar-refractivity contribution in [3.8, 4) is 0 Å². The van der Waals surface area contributed by atoms with Gasteiger partial charge >= 0.3 is 29.6 Å². The van der Waals surface area contributed by atoms with Crippen LogP contribution in [0.2, 0.25) is 0 Å². The van der Waals surface area contributed by atoms with Crippen LogP contribution < -0.4 is 0 Å². The predicted octanol–water partition coefficient (Wildman–Crippen LogP) is 1.05. The average molecular weight is 261 g/mol. The van der Waals surface area contributed by atoms with E-state index in [1.54, 1.807) is 12.1 Å². The Hall–Kier alpha value is 0.610. The standard InChI is InChI=1S/C6H5BrO3S.Na.H/c7-5-3-1-2-4-6(5)11(8,9)10;;/h1-4H,(H,8,9,10);;. The second-order valence-electron chi connectivity index (χ2n) is 1.91. The first-order valence-corrected chi connectivity index (χ1v) is 4.97. The molecule has 0 atom stereocenters. The molecule has 0 aliphatic carbocycles. The van der Waals surface area contributed by atoms with Gasteiger partial charge in [-0.25, -0.2) is 0 Å². The fourth-order valence-corrected chi connectivity index (χ4v) is 2.12. The Morgan fingerprint density at radius 2 is 1.75 bits per heavy atom. The molecule has 12 heavy (non-hydrogen) atoms. The van der Waals surface area contributed by atoms with E-state index in [1.165, 1.54) is 12.1 Å². The minimum atomic E-state index is -4.08. The quantitative estimate of drug-likeness (QED) is 0.607. The molecule has 0 bridgehead atoms. The van der Waals surface area contributed by atoms with Crippen molar-refractivity contribution in [2.24, 2.45) is 0 Å². The molecule has 0 radical (unpaired) electrons. The summed E-state index contributed by atoms with van der Waals surface area (Å²) in [6, 6.07) is 6.06. The van der Waals surface area contributed by atoms with Gasteiger partial charge in [-0.05, 0) is 28.1 Å². The first-order valence-electron chi connectivity index (χ1n) is 2.74. The zero-order valence-corrected chi connectivity index (χ0v) is 7.76. The van der Waals surface area contributed by atoms with Crippen LogP contribution in [0.15, 0.2) is 33.6 Å². The monoisotopic (exact) mass is 260 g/mol. The molecule has 0 aliphatic heterocycles. The Kier molecular flexibility index (Phi) is 4.98. The number of hydrogen-bond donors (Lipinski definition) is 1. The van der Waals surface area contributed by atoms with E-state index in [0.717, 1.165) is 0 Å². The maximum absolute atomic E-state index is 10.6. The Morgan fingerprint density at radius 1 is 1.25 bits per heavy atom. The van der Waals surface area contributed by atoms with E-state index in [9.17, 15) is 8.42 Å². The van der Waals surface area contributed by atoms with Gasteiger partial charge in [0, 0.05) is 4.47 Å². The van der Waals surface area contributed by atoms with Gasteiger partial charge in [0.05, 0.1) is 0 Å². The molecular formula is C6H6BrNaO3S. The van der Waals surface area contributed by atoms with Gasteiger partial charge in [-0.3, -0.25) is 4.55 Å². The molecule has 6 heteroatoms. The Morgan fingerprint density at radius 3 is 2.08 bits per heavy atom. The van der Waals surface area contributed by atoms with Crippen molar-refractivity contribution in [1.29, 1.82) is 0 Å². The Bertz CT molecular complexity index is 363. The molecule has 0 amide bonds. The van der Waals surface area contributed by atoms with E-state index in [4.69, 9.17) is 4.55 Å². The molecule has 1 aromatic carbocycles. The molecule has 62 valence electrons. The summed E-state index contributed by atoms with van der Waals surface area (Å²) < 4.78 is 30.1. The van der Waals surface area contributed by atoms with Crippen LogP contribution in [-0.2, 0) is 10.1 Å². The summed E-state index contributed by atoms with van der Waals surface area (Å²) in [6.07, 6.45) is 0. The van der Waals surface area contributed by atoms with Gasteiger partial charge in [0.15, 0.2) is 0 Å². The van der Waals surface area contributed by atoms with E-state index in [2.05, 4.69) is 15.9 Å². The van der Waals surface area contributed by atoms with E-state index in [-0.39, 0.29) is 34.5 Å². The van der Waals surface area contributed by atoms with Gasteiger partial charge in [0.2, 0.25) is 0 Å². The van der Waals surface area contributed by atoms with Crippen molar-refractivity contribution < 1.29 is 13.0 Å². The van der Waals surface area contributed by atoms with Crippen molar-refractivity contribution in [1.82, 2.24) is 0 Å². The van der Waals surface area contributed by atoms with Crippen LogP contribution in [0.25, 0.3) is 0 Å². The molecule has 0 unspecified atom stereocenters. The summed E-state index contributed by atoms with van der Waals surface area (Å²) in [6.45, 7) is 0. The van der Waals surface area contributed by atoms with Crippen LogP contribution in [-0.4, -0.2) is 42.5 Å². The third-order valence-corrected chi connectivity index (χ3v) is 2.98. The normalized spacial score (nSPS) is 10.5. The van der Waals surface area contributed by atoms with Crippen LogP contribution in [0.4, 0.5) is 0 Å². The molecule has 0 saturated carbocycles. The van der Waals surface area contributed by atoms with Gasteiger partial charge < -0.3 is 0 Å². The Labute approximate surface area is 101 Å². The predicted molar refractivity (Wildman–Crippen MR) is 51.1 cm³/mol. The van der Waals surface area contributed by atoms with Gasteiger partial charge in [-0.1, -0.05) is 12.1 Å². The van der Waals surface area contributed by atoms with Gasteiger partial charge in [-0.2, -0.15) is 8.42 Å². The van der Waals surface area contributed by atoms with Crippen molar-refractivity contribution in [3.63, 3.8) is 0 Å². The zero-order chi connectivity index (χ0) is 8.48. The molecule has 0 aromatic heterocycles. The van der Waals surface area contributed by atoms with Crippen LogP contribution >= 0.6 is 15.9 Å². The SMILES string of the molecule is O=S(=O)(O)c1ccccc1Br.[NaH].